The lowest BCUT2D eigenvalue weighted by Crippen LogP contribution is -2.46. The van der Waals surface area contributed by atoms with Crippen LogP contribution in [0.3, 0.4) is 0 Å². The van der Waals surface area contributed by atoms with Crippen LogP contribution >= 0.6 is 0 Å². The number of ether oxygens (including phenoxy) is 1. The number of nitrogens with one attached hydrogen (secondary N) is 1. The van der Waals surface area contributed by atoms with Crippen molar-refractivity contribution >= 4 is 10.0 Å². The van der Waals surface area contributed by atoms with Crippen LogP contribution < -0.4 is 0 Å². The van der Waals surface area contributed by atoms with E-state index in [0.29, 0.717) is 24.8 Å². The molecule has 0 radical (unpaired) electrons. The molecule has 0 aromatic carbocycles. The summed E-state index contributed by atoms with van der Waals surface area (Å²) in [5, 5.41) is 0.157. The van der Waals surface area contributed by atoms with Crippen molar-refractivity contribution in [2.24, 2.45) is 5.92 Å². The Kier molecular flexibility index (Phi) is 3.74. The molecule has 0 spiro atoms. The first-order valence-electron chi connectivity index (χ1n) is 5.99. The van der Waals surface area contributed by atoms with Crippen molar-refractivity contribution < 1.29 is 13.2 Å². The van der Waals surface area contributed by atoms with Crippen LogP contribution in [0.1, 0.15) is 19.2 Å². The fraction of sp³-hybridized carbons (Fsp3) is 0.727. The Labute approximate surface area is 107 Å². The monoisotopic (exact) mass is 273 g/mol. The highest BCUT2D eigenvalue weighted by Gasteiger charge is 2.34. The standard InChI is InChI=1S/C11H19N3O3S/c1-8-4-5-14(7-10(8)17-3)18(15,16)11-6-12-9(2)13-11/h6,8,10H,4-5,7H2,1-3H3,(H,12,13). The number of hydrogen-bond donors (Lipinski definition) is 1. The molecule has 0 aliphatic carbocycles. The van der Waals surface area contributed by atoms with E-state index in [1.54, 1.807) is 14.0 Å². The zero-order valence-electron chi connectivity index (χ0n) is 10.9. The first-order valence-corrected chi connectivity index (χ1v) is 7.43. The number of piperidine rings is 1. The summed E-state index contributed by atoms with van der Waals surface area (Å²) in [6.45, 7) is 4.74. The Hall–Kier alpha value is -0.920. The summed E-state index contributed by atoms with van der Waals surface area (Å²) in [6, 6.07) is 0. The van der Waals surface area contributed by atoms with E-state index in [-0.39, 0.29) is 11.1 Å². The second kappa shape index (κ2) is 4.99. The van der Waals surface area contributed by atoms with Gasteiger partial charge in [-0.3, -0.25) is 0 Å². The molecule has 0 saturated carbocycles. The van der Waals surface area contributed by atoms with Crippen molar-refractivity contribution in [1.82, 2.24) is 14.3 Å². The van der Waals surface area contributed by atoms with Crippen LogP contribution in [0, 0.1) is 12.8 Å². The lowest BCUT2D eigenvalue weighted by Gasteiger charge is -2.34. The van der Waals surface area contributed by atoms with Gasteiger partial charge in [0.15, 0.2) is 5.03 Å². The van der Waals surface area contributed by atoms with Crippen LogP contribution in [0.5, 0.6) is 0 Å². The van der Waals surface area contributed by atoms with Gasteiger partial charge in [0.05, 0.1) is 12.3 Å². The molecule has 1 N–H and O–H groups in total. The molecule has 6 nitrogen and oxygen atoms in total. The van der Waals surface area contributed by atoms with Gasteiger partial charge < -0.3 is 9.72 Å². The molecule has 1 aliphatic heterocycles. The molecule has 1 saturated heterocycles. The SMILES string of the molecule is COC1CN(S(=O)(=O)c2cnc(C)[nH]2)CCC1C. The van der Waals surface area contributed by atoms with Crippen molar-refractivity contribution in [2.75, 3.05) is 20.2 Å². The van der Waals surface area contributed by atoms with Gasteiger partial charge in [0.25, 0.3) is 10.0 Å². The fourth-order valence-electron chi connectivity index (χ4n) is 2.20. The Morgan fingerprint density at radius 2 is 2.28 bits per heavy atom. The molecule has 102 valence electrons. The van der Waals surface area contributed by atoms with E-state index in [1.807, 2.05) is 0 Å². The van der Waals surface area contributed by atoms with Crippen molar-refractivity contribution in [2.45, 2.75) is 31.4 Å². The molecule has 2 unspecified atom stereocenters. The van der Waals surface area contributed by atoms with Gasteiger partial charge in [-0.25, -0.2) is 13.4 Å². The van der Waals surface area contributed by atoms with Gasteiger partial charge in [-0.2, -0.15) is 4.31 Å². The van der Waals surface area contributed by atoms with Crippen molar-refractivity contribution in [1.29, 1.82) is 0 Å². The maximum absolute atomic E-state index is 12.4. The fourth-order valence-corrected chi connectivity index (χ4v) is 3.63. The second-order valence-corrected chi connectivity index (χ2v) is 6.64. The quantitative estimate of drug-likeness (QED) is 0.882. The van der Waals surface area contributed by atoms with Crippen molar-refractivity contribution in [3.05, 3.63) is 12.0 Å². The van der Waals surface area contributed by atoms with E-state index in [0.717, 1.165) is 6.42 Å². The largest absolute Gasteiger partial charge is 0.380 e. The van der Waals surface area contributed by atoms with E-state index in [9.17, 15) is 8.42 Å². The highest BCUT2D eigenvalue weighted by atomic mass is 32.2. The van der Waals surface area contributed by atoms with Crippen LogP contribution in [-0.4, -0.2) is 49.0 Å². The summed E-state index contributed by atoms with van der Waals surface area (Å²) in [5.41, 5.74) is 0. The normalized spacial score (nSPS) is 26.4. The molecule has 1 aliphatic rings. The average Bonchev–Trinajstić information content (AvgIpc) is 2.77. The summed E-state index contributed by atoms with van der Waals surface area (Å²) in [7, 11) is -1.85. The number of imidazole rings is 1. The third-order valence-corrected chi connectivity index (χ3v) is 5.23. The van der Waals surface area contributed by atoms with Crippen LogP contribution in [0.2, 0.25) is 0 Å². The second-order valence-electron chi connectivity index (χ2n) is 4.74. The molecule has 2 heterocycles. The number of nitrogens with zero attached hydrogens (tertiary/aromatic N) is 2. The molecule has 0 amide bonds. The lowest BCUT2D eigenvalue weighted by atomic mass is 9.97. The zero-order valence-corrected chi connectivity index (χ0v) is 11.7. The molecule has 1 aromatic heterocycles. The number of methoxy groups -OCH3 is 1. The Morgan fingerprint density at radius 1 is 1.56 bits per heavy atom. The summed E-state index contributed by atoms with van der Waals surface area (Å²) in [5.74, 6) is 0.979. The highest BCUT2D eigenvalue weighted by molar-refractivity contribution is 7.89. The minimum absolute atomic E-state index is 0.0439. The van der Waals surface area contributed by atoms with E-state index in [2.05, 4.69) is 16.9 Å². The first-order chi connectivity index (χ1) is 8.45. The average molecular weight is 273 g/mol. The predicted molar refractivity (Wildman–Crippen MR) is 66.7 cm³/mol. The van der Waals surface area contributed by atoms with Crippen molar-refractivity contribution in [3.63, 3.8) is 0 Å². The Morgan fingerprint density at radius 3 is 2.83 bits per heavy atom. The van der Waals surface area contributed by atoms with Crippen LogP contribution in [0.25, 0.3) is 0 Å². The smallest absolute Gasteiger partial charge is 0.260 e. The molecule has 1 aromatic rings. The molecule has 1 fully saturated rings. The lowest BCUT2D eigenvalue weighted by molar-refractivity contribution is 0.0183. The van der Waals surface area contributed by atoms with Crippen molar-refractivity contribution in [3.8, 4) is 0 Å². The van der Waals surface area contributed by atoms with Gasteiger partial charge in [0.1, 0.15) is 5.82 Å². The minimum Gasteiger partial charge on any atom is -0.380 e. The molecule has 18 heavy (non-hydrogen) atoms. The van der Waals surface area contributed by atoms with Crippen LogP contribution in [0.15, 0.2) is 11.2 Å². The number of aryl methyl sites for hydroxylation is 1. The Balaban J connectivity index is 2.21. The summed E-state index contributed by atoms with van der Waals surface area (Å²) in [6.07, 6.45) is 2.13. The number of aromatic nitrogens is 2. The first kappa shape index (κ1) is 13.5. The number of rotatable bonds is 3. The van der Waals surface area contributed by atoms with E-state index >= 15 is 0 Å². The van der Waals surface area contributed by atoms with Gasteiger partial charge in [-0.05, 0) is 19.3 Å². The van der Waals surface area contributed by atoms with E-state index < -0.39 is 10.0 Å². The van der Waals surface area contributed by atoms with Gasteiger partial charge >= 0.3 is 0 Å². The van der Waals surface area contributed by atoms with Gasteiger partial charge in [0, 0.05) is 20.2 Å². The number of sulfonamides is 1. The van der Waals surface area contributed by atoms with Gasteiger partial charge in [-0.15, -0.1) is 0 Å². The topological polar surface area (TPSA) is 75.3 Å². The molecular weight excluding hydrogens is 254 g/mol. The maximum Gasteiger partial charge on any atom is 0.260 e. The van der Waals surface area contributed by atoms with Crippen LogP contribution in [0.4, 0.5) is 0 Å². The van der Waals surface area contributed by atoms with E-state index in [4.69, 9.17) is 4.74 Å². The highest BCUT2D eigenvalue weighted by Crippen LogP contribution is 2.24. The zero-order chi connectivity index (χ0) is 13.3. The predicted octanol–water partition coefficient (Wildman–Crippen LogP) is 0.764. The molecule has 2 rings (SSSR count). The van der Waals surface area contributed by atoms with Crippen LogP contribution in [-0.2, 0) is 14.8 Å². The molecular formula is C11H19N3O3S. The summed E-state index contributed by atoms with van der Waals surface area (Å²) >= 11 is 0. The number of hydrogen-bond acceptors (Lipinski definition) is 4. The molecule has 2 atom stereocenters. The maximum atomic E-state index is 12.4. The summed E-state index contributed by atoms with van der Waals surface area (Å²) in [4.78, 5) is 6.72. The Bertz CT molecular complexity index is 511. The third kappa shape index (κ3) is 2.43. The van der Waals surface area contributed by atoms with Gasteiger partial charge in [0.2, 0.25) is 0 Å². The van der Waals surface area contributed by atoms with Gasteiger partial charge in [-0.1, -0.05) is 6.92 Å². The number of aromatic amines is 1. The summed E-state index contributed by atoms with van der Waals surface area (Å²) < 4.78 is 31.5. The van der Waals surface area contributed by atoms with E-state index in [1.165, 1.54) is 10.5 Å². The minimum atomic E-state index is -3.47. The molecule has 7 heteroatoms. The molecule has 0 bridgehead atoms. The third-order valence-electron chi connectivity index (χ3n) is 3.45. The number of H-pyrrole nitrogens is 1.